The lowest BCUT2D eigenvalue weighted by Crippen LogP contribution is -2.70. The Hall–Kier alpha value is -1.30. The predicted octanol–water partition coefficient (Wildman–Crippen LogP) is 1.97. The van der Waals surface area contributed by atoms with Gasteiger partial charge in [0, 0.05) is 12.1 Å². The van der Waals surface area contributed by atoms with Gasteiger partial charge >= 0.3 is 12.1 Å². The Morgan fingerprint density at radius 3 is 2.10 bits per heavy atom. The van der Waals surface area contributed by atoms with E-state index in [0.717, 1.165) is 0 Å². The largest absolute Gasteiger partial charge is 0.328 e. The minimum absolute atomic E-state index is 0.147. The van der Waals surface area contributed by atoms with Crippen LogP contribution in [0.2, 0.25) is 0 Å². The van der Waals surface area contributed by atoms with Crippen LogP contribution in [-0.4, -0.2) is 35.3 Å². The van der Waals surface area contributed by atoms with E-state index in [1.165, 1.54) is 37.0 Å². The van der Waals surface area contributed by atoms with Gasteiger partial charge in [-0.05, 0) is 39.5 Å². The second-order valence-corrected chi connectivity index (χ2v) is 6.15. The Bertz CT molecular complexity index is 348. The van der Waals surface area contributed by atoms with E-state index in [4.69, 9.17) is 0 Å². The summed E-state index contributed by atoms with van der Waals surface area (Å²) in [4.78, 5) is 25.1. The van der Waals surface area contributed by atoms with Crippen LogP contribution < -0.4 is 16.0 Å². The van der Waals surface area contributed by atoms with Crippen LogP contribution in [0.25, 0.3) is 0 Å². The number of rotatable bonds is 4. The number of urea groups is 2. The zero-order valence-electron chi connectivity index (χ0n) is 12.6. The monoisotopic (exact) mass is 282 g/mol. The van der Waals surface area contributed by atoms with Crippen molar-refractivity contribution in [3.8, 4) is 0 Å². The summed E-state index contributed by atoms with van der Waals surface area (Å²) in [5.41, 5.74) is 0. The molecule has 2 rings (SSSR count). The fraction of sp³-hybridized carbons (Fsp3) is 0.857. The summed E-state index contributed by atoms with van der Waals surface area (Å²) in [6, 6.07) is -0.535. The van der Waals surface area contributed by atoms with Crippen LogP contribution >= 0.6 is 0 Å². The second kappa shape index (κ2) is 6.43. The molecular weight excluding hydrogens is 256 g/mol. The Morgan fingerprint density at radius 1 is 1.05 bits per heavy atom. The molecule has 20 heavy (non-hydrogen) atoms. The SMILES string of the molecule is CC(C)N1C(=O)NC(N[C@@H](C)C2CCCCC2)NC1=O. The van der Waals surface area contributed by atoms with Crippen LogP contribution in [0.4, 0.5) is 9.59 Å². The number of carbonyl (C=O) groups excluding carboxylic acids is 2. The molecular formula is C14H26N4O2. The van der Waals surface area contributed by atoms with Gasteiger partial charge in [0.2, 0.25) is 0 Å². The normalized spacial score (nSPS) is 23.7. The van der Waals surface area contributed by atoms with E-state index in [9.17, 15) is 9.59 Å². The molecule has 4 amide bonds. The lowest BCUT2D eigenvalue weighted by atomic mass is 9.84. The summed E-state index contributed by atoms with van der Waals surface area (Å²) in [6.45, 7) is 5.76. The van der Waals surface area contributed by atoms with Crippen molar-refractivity contribution in [3.05, 3.63) is 0 Å². The number of imide groups is 1. The van der Waals surface area contributed by atoms with E-state index < -0.39 is 6.29 Å². The first kappa shape index (κ1) is 15.1. The zero-order valence-corrected chi connectivity index (χ0v) is 12.6. The number of nitrogens with zero attached hydrogens (tertiary/aromatic N) is 1. The van der Waals surface area contributed by atoms with Crippen molar-refractivity contribution in [2.24, 2.45) is 5.92 Å². The molecule has 0 aromatic rings. The van der Waals surface area contributed by atoms with Crippen LogP contribution in [0.1, 0.15) is 52.9 Å². The Morgan fingerprint density at radius 2 is 1.60 bits per heavy atom. The molecule has 114 valence electrons. The van der Waals surface area contributed by atoms with Crippen LogP contribution in [0.15, 0.2) is 0 Å². The lowest BCUT2D eigenvalue weighted by molar-refractivity contribution is 0.141. The Labute approximate surface area is 120 Å². The van der Waals surface area contributed by atoms with Crippen molar-refractivity contribution < 1.29 is 9.59 Å². The zero-order chi connectivity index (χ0) is 14.7. The molecule has 6 nitrogen and oxygen atoms in total. The summed E-state index contributed by atoms with van der Waals surface area (Å²) < 4.78 is 0. The fourth-order valence-corrected chi connectivity index (χ4v) is 3.10. The molecule has 1 heterocycles. The third-order valence-corrected chi connectivity index (χ3v) is 4.28. The lowest BCUT2D eigenvalue weighted by Gasteiger charge is -2.38. The highest BCUT2D eigenvalue weighted by molar-refractivity contribution is 5.96. The maximum atomic E-state index is 11.9. The predicted molar refractivity (Wildman–Crippen MR) is 77.0 cm³/mol. The van der Waals surface area contributed by atoms with Crippen LogP contribution in [0.5, 0.6) is 0 Å². The number of amides is 4. The molecule has 2 fully saturated rings. The first-order valence-corrected chi connectivity index (χ1v) is 7.65. The van der Waals surface area contributed by atoms with E-state index in [-0.39, 0.29) is 24.1 Å². The molecule has 1 saturated carbocycles. The van der Waals surface area contributed by atoms with E-state index in [2.05, 4.69) is 22.9 Å². The highest BCUT2D eigenvalue weighted by Gasteiger charge is 2.34. The maximum absolute atomic E-state index is 11.9. The summed E-state index contributed by atoms with van der Waals surface area (Å²) in [7, 11) is 0. The van der Waals surface area contributed by atoms with Crippen LogP contribution in [-0.2, 0) is 0 Å². The molecule has 0 unspecified atom stereocenters. The number of nitrogens with one attached hydrogen (secondary N) is 3. The molecule has 0 aromatic heterocycles. The van der Waals surface area contributed by atoms with Gasteiger partial charge in [0.15, 0.2) is 6.29 Å². The average Bonchev–Trinajstić information content (AvgIpc) is 2.38. The highest BCUT2D eigenvalue weighted by atomic mass is 16.2. The Balaban J connectivity index is 1.88. The van der Waals surface area contributed by atoms with Crippen molar-refractivity contribution in [1.29, 1.82) is 0 Å². The Kier molecular flexibility index (Phi) is 4.86. The molecule has 2 aliphatic rings. The number of hydrogen-bond acceptors (Lipinski definition) is 3. The van der Waals surface area contributed by atoms with Crippen molar-refractivity contribution in [2.75, 3.05) is 0 Å². The van der Waals surface area contributed by atoms with E-state index in [0.29, 0.717) is 5.92 Å². The maximum Gasteiger partial charge on any atom is 0.328 e. The summed E-state index contributed by atoms with van der Waals surface area (Å²) >= 11 is 0. The van der Waals surface area contributed by atoms with E-state index in [1.807, 2.05) is 13.8 Å². The smallest absolute Gasteiger partial charge is 0.305 e. The van der Waals surface area contributed by atoms with E-state index >= 15 is 0 Å². The van der Waals surface area contributed by atoms with Gasteiger partial charge in [0.05, 0.1) is 0 Å². The van der Waals surface area contributed by atoms with E-state index in [1.54, 1.807) is 0 Å². The quantitative estimate of drug-likeness (QED) is 0.738. The minimum atomic E-state index is -0.470. The van der Waals surface area contributed by atoms with Gasteiger partial charge in [-0.15, -0.1) is 0 Å². The molecule has 6 heteroatoms. The molecule has 1 atom stereocenters. The van der Waals surface area contributed by atoms with Crippen LogP contribution in [0.3, 0.4) is 0 Å². The molecule has 0 spiro atoms. The second-order valence-electron chi connectivity index (χ2n) is 6.15. The first-order chi connectivity index (χ1) is 9.49. The van der Waals surface area contributed by atoms with Crippen molar-refractivity contribution in [2.45, 2.75) is 71.2 Å². The molecule has 0 bridgehead atoms. The molecule has 1 saturated heterocycles. The van der Waals surface area contributed by atoms with Gasteiger partial charge in [-0.2, -0.15) is 0 Å². The summed E-state index contributed by atoms with van der Waals surface area (Å²) in [6.07, 6.45) is 5.86. The van der Waals surface area contributed by atoms with Gasteiger partial charge in [0.1, 0.15) is 0 Å². The van der Waals surface area contributed by atoms with Gasteiger partial charge in [-0.3, -0.25) is 5.32 Å². The van der Waals surface area contributed by atoms with Gasteiger partial charge < -0.3 is 10.6 Å². The third kappa shape index (κ3) is 3.42. The van der Waals surface area contributed by atoms with Gasteiger partial charge in [0.25, 0.3) is 0 Å². The highest BCUT2D eigenvalue weighted by Crippen LogP contribution is 2.26. The molecule has 0 radical (unpaired) electrons. The molecule has 1 aliphatic heterocycles. The van der Waals surface area contributed by atoms with Crippen molar-refractivity contribution in [1.82, 2.24) is 20.9 Å². The number of hydrogen-bond donors (Lipinski definition) is 3. The first-order valence-electron chi connectivity index (χ1n) is 7.65. The number of carbonyl (C=O) groups is 2. The molecule has 0 aromatic carbocycles. The summed E-state index contributed by atoms with van der Waals surface area (Å²) in [5, 5.41) is 8.90. The summed E-state index contributed by atoms with van der Waals surface area (Å²) in [5.74, 6) is 0.626. The molecule has 3 N–H and O–H groups in total. The fourth-order valence-electron chi connectivity index (χ4n) is 3.10. The van der Waals surface area contributed by atoms with Gasteiger partial charge in [-0.25, -0.2) is 14.5 Å². The standard InChI is InChI=1S/C14H26N4O2/c1-9(2)18-13(19)16-12(17-14(18)20)15-10(3)11-7-5-4-6-8-11/h9-12,15H,4-8H2,1-3H3,(H,16,19)(H,17,20)/t10-/m0/s1. The molecule has 1 aliphatic carbocycles. The van der Waals surface area contributed by atoms with Crippen molar-refractivity contribution in [3.63, 3.8) is 0 Å². The average molecular weight is 282 g/mol. The third-order valence-electron chi connectivity index (χ3n) is 4.28. The van der Waals surface area contributed by atoms with Crippen LogP contribution in [0, 0.1) is 5.92 Å². The topological polar surface area (TPSA) is 73.5 Å². The van der Waals surface area contributed by atoms with Gasteiger partial charge in [-0.1, -0.05) is 19.3 Å². The minimum Gasteiger partial charge on any atom is -0.305 e. The van der Waals surface area contributed by atoms with Crippen molar-refractivity contribution >= 4 is 12.1 Å².